The zero-order valence-corrected chi connectivity index (χ0v) is 20.2. The van der Waals surface area contributed by atoms with Gasteiger partial charge in [0.15, 0.2) is 0 Å². The summed E-state index contributed by atoms with van der Waals surface area (Å²) in [6, 6.07) is 35.1. The Morgan fingerprint density at radius 1 is 0.562 bits per heavy atom. The lowest BCUT2D eigenvalue weighted by atomic mass is 9.80. The van der Waals surface area contributed by atoms with Crippen LogP contribution in [0.15, 0.2) is 112 Å². The first-order valence-corrected chi connectivity index (χ1v) is 12.1. The first-order chi connectivity index (χ1) is 15.6. The van der Waals surface area contributed by atoms with Crippen molar-refractivity contribution in [2.75, 3.05) is 0 Å². The third kappa shape index (κ3) is 2.78. The fourth-order valence-electron chi connectivity index (χ4n) is 5.04. The van der Waals surface area contributed by atoms with E-state index in [2.05, 4.69) is 86.5 Å². The standard InChI is InChI=1S/C29H18Br2O/c30-19-14-15-23-25(16-19)29(32,24-13-7-6-10-20(24)18-8-2-1-3-9-18)26-17-27(31)21-11-4-5-12-22(21)28(23)26/h1-17,32H. The Kier molecular flexibility index (Phi) is 4.62. The van der Waals surface area contributed by atoms with Crippen LogP contribution in [0.1, 0.15) is 16.7 Å². The Hall–Kier alpha value is -2.72. The van der Waals surface area contributed by atoms with E-state index < -0.39 is 5.60 Å². The molecular formula is C29H18Br2O. The van der Waals surface area contributed by atoms with E-state index in [4.69, 9.17) is 0 Å². The molecule has 0 spiro atoms. The van der Waals surface area contributed by atoms with Gasteiger partial charge in [0, 0.05) is 25.6 Å². The molecule has 0 bridgehead atoms. The first kappa shape index (κ1) is 19.9. The summed E-state index contributed by atoms with van der Waals surface area (Å²) in [6.07, 6.45) is 0. The minimum absolute atomic E-state index is 0.881. The molecular weight excluding hydrogens is 524 g/mol. The van der Waals surface area contributed by atoms with Crippen molar-refractivity contribution < 1.29 is 5.11 Å². The molecule has 0 saturated carbocycles. The average Bonchev–Trinajstić information content (AvgIpc) is 3.08. The number of rotatable bonds is 2. The van der Waals surface area contributed by atoms with Crippen LogP contribution in [0.3, 0.4) is 0 Å². The van der Waals surface area contributed by atoms with Gasteiger partial charge in [-0.1, -0.05) is 117 Å². The van der Waals surface area contributed by atoms with Crippen molar-refractivity contribution in [3.05, 3.63) is 129 Å². The number of hydrogen-bond donors (Lipinski definition) is 1. The van der Waals surface area contributed by atoms with E-state index in [1.807, 2.05) is 48.5 Å². The monoisotopic (exact) mass is 540 g/mol. The van der Waals surface area contributed by atoms with Gasteiger partial charge in [0.2, 0.25) is 0 Å². The molecule has 1 unspecified atom stereocenters. The second-order valence-electron chi connectivity index (χ2n) is 8.14. The van der Waals surface area contributed by atoms with E-state index in [1.54, 1.807) is 0 Å². The molecule has 1 nitrogen and oxygen atoms in total. The van der Waals surface area contributed by atoms with Crippen LogP contribution in [0.4, 0.5) is 0 Å². The SMILES string of the molecule is OC1(c2ccccc2-c2ccccc2)c2cc(Br)ccc2-c2c1cc(Br)c1ccccc21. The molecule has 0 aromatic heterocycles. The fraction of sp³-hybridized carbons (Fsp3) is 0.0345. The van der Waals surface area contributed by atoms with Gasteiger partial charge in [0.1, 0.15) is 5.60 Å². The van der Waals surface area contributed by atoms with Gasteiger partial charge in [-0.15, -0.1) is 0 Å². The summed E-state index contributed by atoms with van der Waals surface area (Å²) in [5.41, 5.74) is 5.67. The molecule has 1 aliphatic rings. The van der Waals surface area contributed by atoms with Gasteiger partial charge in [-0.2, -0.15) is 0 Å². The highest BCUT2D eigenvalue weighted by Gasteiger charge is 2.45. The summed E-state index contributed by atoms with van der Waals surface area (Å²) >= 11 is 7.42. The van der Waals surface area contributed by atoms with E-state index in [0.717, 1.165) is 58.7 Å². The van der Waals surface area contributed by atoms with Crippen LogP contribution in [0.2, 0.25) is 0 Å². The van der Waals surface area contributed by atoms with Gasteiger partial charge in [-0.3, -0.25) is 0 Å². The maximum absolute atomic E-state index is 12.7. The van der Waals surface area contributed by atoms with E-state index in [-0.39, 0.29) is 0 Å². The Morgan fingerprint density at radius 2 is 1.25 bits per heavy atom. The molecule has 32 heavy (non-hydrogen) atoms. The summed E-state index contributed by atoms with van der Waals surface area (Å²) in [4.78, 5) is 0. The maximum Gasteiger partial charge on any atom is 0.142 e. The Morgan fingerprint density at radius 3 is 2.06 bits per heavy atom. The summed E-state index contributed by atoms with van der Waals surface area (Å²) in [6.45, 7) is 0. The van der Waals surface area contributed by atoms with Gasteiger partial charge in [-0.05, 0) is 51.2 Å². The van der Waals surface area contributed by atoms with Gasteiger partial charge in [0.05, 0.1) is 0 Å². The van der Waals surface area contributed by atoms with Crippen LogP contribution in [-0.2, 0) is 5.60 Å². The predicted octanol–water partition coefficient (Wildman–Crippen LogP) is 8.30. The third-order valence-corrected chi connectivity index (χ3v) is 7.58. The highest BCUT2D eigenvalue weighted by molar-refractivity contribution is 9.11. The topological polar surface area (TPSA) is 20.2 Å². The van der Waals surface area contributed by atoms with Crippen molar-refractivity contribution in [2.24, 2.45) is 0 Å². The molecule has 6 rings (SSSR count). The molecule has 0 heterocycles. The van der Waals surface area contributed by atoms with Crippen LogP contribution >= 0.6 is 31.9 Å². The molecule has 1 atom stereocenters. The van der Waals surface area contributed by atoms with Crippen LogP contribution < -0.4 is 0 Å². The van der Waals surface area contributed by atoms with E-state index in [0.29, 0.717) is 0 Å². The van der Waals surface area contributed by atoms with Crippen molar-refractivity contribution in [2.45, 2.75) is 5.60 Å². The molecule has 154 valence electrons. The zero-order chi connectivity index (χ0) is 21.9. The maximum atomic E-state index is 12.7. The van der Waals surface area contributed by atoms with Crippen LogP contribution in [0.5, 0.6) is 0 Å². The van der Waals surface area contributed by atoms with Crippen molar-refractivity contribution in [3.63, 3.8) is 0 Å². The van der Waals surface area contributed by atoms with Gasteiger partial charge >= 0.3 is 0 Å². The summed E-state index contributed by atoms with van der Waals surface area (Å²) in [5, 5.41) is 14.9. The van der Waals surface area contributed by atoms with Crippen molar-refractivity contribution in [1.29, 1.82) is 0 Å². The number of fused-ring (bicyclic) bond motifs is 5. The van der Waals surface area contributed by atoms with Gasteiger partial charge in [0.25, 0.3) is 0 Å². The van der Waals surface area contributed by atoms with Gasteiger partial charge < -0.3 is 5.11 Å². The summed E-state index contributed by atoms with van der Waals surface area (Å²) < 4.78 is 1.93. The first-order valence-electron chi connectivity index (χ1n) is 10.5. The lowest BCUT2D eigenvalue weighted by Gasteiger charge is -2.29. The van der Waals surface area contributed by atoms with Crippen LogP contribution in [0, 0.1) is 0 Å². The molecule has 3 heteroatoms. The zero-order valence-electron chi connectivity index (χ0n) is 17.0. The number of benzene rings is 5. The molecule has 0 fully saturated rings. The van der Waals surface area contributed by atoms with Gasteiger partial charge in [-0.25, -0.2) is 0 Å². The summed E-state index contributed by atoms with van der Waals surface area (Å²) in [7, 11) is 0. The fourth-order valence-corrected chi connectivity index (χ4v) is 5.98. The number of aliphatic hydroxyl groups is 1. The highest BCUT2D eigenvalue weighted by Crippen LogP contribution is 2.56. The van der Waals surface area contributed by atoms with Crippen LogP contribution in [-0.4, -0.2) is 5.11 Å². The molecule has 0 saturated heterocycles. The molecule has 0 radical (unpaired) electrons. The highest BCUT2D eigenvalue weighted by atomic mass is 79.9. The van der Waals surface area contributed by atoms with E-state index in [1.165, 1.54) is 0 Å². The Labute approximate surface area is 203 Å². The second kappa shape index (κ2) is 7.41. The normalized spacial score (nSPS) is 16.7. The largest absolute Gasteiger partial charge is 0.376 e. The Balaban J connectivity index is 1.76. The lowest BCUT2D eigenvalue weighted by Crippen LogP contribution is -2.27. The minimum Gasteiger partial charge on any atom is -0.376 e. The molecule has 1 N–H and O–H groups in total. The number of hydrogen-bond acceptors (Lipinski definition) is 1. The second-order valence-corrected chi connectivity index (χ2v) is 9.91. The molecule has 0 aliphatic heterocycles. The van der Waals surface area contributed by atoms with Crippen molar-refractivity contribution in [3.8, 4) is 22.3 Å². The van der Waals surface area contributed by atoms with Crippen molar-refractivity contribution >= 4 is 42.6 Å². The van der Waals surface area contributed by atoms with Crippen LogP contribution in [0.25, 0.3) is 33.0 Å². The lowest BCUT2D eigenvalue weighted by molar-refractivity contribution is 0.131. The van der Waals surface area contributed by atoms with E-state index in [9.17, 15) is 5.11 Å². The summed E-state index contributed by atoms with van der Waals surface area (Å²) in [5.74, 6) is 0. The van der Waals surface area contributed by atoms with E-state index >= 15 is 0 Å². The molecule has 5 aromatic carbocycles. The number of halogens is 2. The third-order valence-electron chi connectivity index (χ3n) is 6.43. The molecule has 5 aromatic rings. The quantitative estimate of drug-likeness (QED) is 0.238. The van der Waals surface area contributed by atoms with Crippen molar-refractivity contribution in [1.82, 2.24) is 0 Å². The Bertz CT molecular complexity index is 1510. The smallest absolute Gasteiger partial charge is 0.142 e. The average molecular weight is 542 g/mol. The predicted molar refractivity (Wildman–Crippen MR) is 139 cm³/mol. The molecule has 0 amide bonds. The minimum atomic E-state index is -1.28. The molecule has 1 aliphatic carbocycles.